The first-order chi connectivity index (χ1) is 12.0. The van der Waals surface area contributed by atoms with Crippen LogP contribution in [-0.4, -0.2) is 43.3 Å². The number of rotatable bonds is 5. The van der Waals surface area contributed by atoms with Crippen LogP contribution in [0.3, 0.4) is 0 Å². The number of likely N-dealkylation sites (tertiary alicyclic amines) is 1. The summed E-state index contributed by atoms with van der Waals surface area (Å²) >= 11 is 0. The van der Waals surface area contributed by atoms with Gasteiger partial charge in [0.05, 0.1) is 11.8 Å². The molecule has 2 unspecified atom stereocenters. The molecule has 0 spiro atoms. The van der Waals surface area contributed by atoms with Crippen LogP contribution >= 0.6 is 0 Å². The van der Waals surface area contributed by atoms with E-state index in [2.05, 4.69) is 5.32 Å². The van der Waals surface area contributed by atoms with E-state index in [9.17, 15) is 14.4 Å². The zero-order valence-corrected chi connectivity index (χ0v) is 14.6. The van der Waals surface area contributed by atoms with Crippen LogP contribution in [0.25, 0.3) is 0 Å². The maximum Gasteiger partial charge on any atom is 0.240 e. The van der Waals surface area contributed by atoms with Crippen LogP contribution in [0.5, 0.6) is 0 Å². The maximum atomic E-state index is 12.3. The van der Waals surface area contributed by atoms with E-state index in [1.54, 1.807) is 0 Å². The fraction of sp³-hybridized carbons (Fsp3) is 0.421. The lowest BCUT2D eigenvalue weighted by molar-refractivity contribution is -0.143. The Morgan fingerprint density at radius 2 is 1.64 bits per heavy atom. The van der Waals surface area contributed by atoms with E-state index in [-0.39, 0.29) is 36.1 Å². The number of benzene rings is 1. The second kappa shape index (κ2) is 7.09. The van der Waals surface area contributed by atoms with Crippen molar-refractivity contribution in [2.24, 2.45) is 11.8 Å². The van der Waals surface area contributed by atoms with Gasteiger partial charge in [0.25, 0.3) is 0 Å². The number of nitrogens with zero attached hydrogens (tertiary/aromatic N) is 2. The number of imide groups is 1. The molecule has 1 saturated heterocycles. The van der Waals surface area contributed by atoms with E-state index in [1.165, 1.54) is 0 Å². The zero-order valence-electron chi connectivity index (χ0n) is 14.6. The molecule has 2 atom stereocenters. The SMILES string of the molecule is CN(C)c1ccc(CNC(=O)CN2C(=O)C3CC=CCC3C2=O)cc1. The summed E-state index contributed by atoms with van der Waals surface area (Å²) < 4.78 is 0. The molecule has 25 heavy (non-hydrogen) atoms. The molecule has 1 fully saturated rings. The van der Waals surface area contributed by atoms with Crippen LogP contribution in [0.2, 0.25) is 0 Å². The number of hydrogen-bond donors (Lipinski definition) is 1. The van der Waals surface area contributed by atoms with Crippen molar-refractivity contribution in [3.63, 3.8) is 0 Å². The van der Waals surface area contributed by atoms with E-state index in [0.29, 0.717) is 19.4 Å². The van der Waals surface area contributed by atoms with Crippen LogP contribution in [0, 0.1) is 11.8 Å². The molecule has 3 amide bonds. The highest BCUT2D eigenvalue weighted by Gasteiger charge is 2.47. The quantitative estimate of drug-likeness (QED) is 0.648. The van der Waals surface area contributed by atoms with Crippen molar-refractivity contribution < 1.29 is 14.4 Å². The number of nitrogens with one attached hydrogen (secondary N) is 1. The number of fused-ring (bicyclic) bond motifs is 1. The first kappa shape index (κ1) is 17.2. The van der Waals surface area contributed by atoms with Crippen LogP contribution in [0.15, 0.2) is 36.4 Å². The van der Waals surface area contributed by atoms with Gasteiger partial charge in [0, 0.05) is 26.3 Å². The molecular weight excluding hydrogens is 318 g/mol. The summed E-state index contributed by atoms with van der Waals surface area (Å²) in [6.45, 7) is 0.178. The van der Waals surface area contributed by atoms with Crippen molar-refractivity contribution in [3.05, 3.63) is 42.0 Å². The highest BCUT2D eigenvalue weighted by Crippen LogP contribution is 2.34. The van der Waals surface area contributed by atoms with Crippen LogP contribution in [0.1, 0.15) is 18.4 Å². The van der Waals surface area contributed by atoms with Crippen molar-refractivity contribution in [3.8, 4) is 0 Å². The normalized spacial score (nSPS) is 22.1. The lowest BCUT2D eigenvalue weighted by Crippen LogP contribution is -2.40. The minimum Gasteiger partial charge on any atom is -0.378 e. The van der Waals surface area contributed by atoms with Gasteiger partial charge in [-0.2, -0.15) is 0 Å². The van der Waals surface area contributed by atoms with E-state index in [1.807, 2.05) is 55.4 Å². The highest BCUT2D eigenvalue weighted by atomic mass is 16.2. The molecule has 1 N–H and O–H groups in total. The molecule has 0 radical (unpaired) electrons. The molecule has 3 rings (SSSR count). The number of hydrogen-bond acceptors (Lipinski definition) is 4. The second-order valence-corrected chi connectivity index (χ2v) is 6.76. The summed E-state index contributed by atoms with van der Waals surface area (Å²) in [5.74, 6) is -1.33. The van der Waals surface area contributed by atoms with Crippen molar-refractivity contribution in [2.45, 2.75) is 19.4 Å². The van der Waals surface area contributed by atoms with E-state index >= 15 is 0 Å². The Bertz CT molecular complexity index is 683. The summed E-state index contributed by atoms with van der Waals surface area (Å²) in [6.07, 6.45) is 5.05. The van der Waals surface area contributed by atoms with Gasteiger partial charge >= 0.3 is 0 Å². The minimum atomic E-state index is -0.315. The Morgan fingerprint density at radius 1 is 1.08 bits per heavy atom. The van der Waals surface area contributed by atoms with Gasteiger partial charge in [-0.3, -0.25) is 19.3 Å². The lowest BCUT2D eigenvalue weighted by atomic mass is 9.85. The van der Waals surface area contributed by atoms with Crippen molar-refractivity contribution in [2.75, 3.05) is 25.5 Å². The molecule has 1 aliphatic carbocycles. The molecule has 2 aliphatic rings. The largest absolute Gasteiger partial charge is 0.378 e. The first-order valence-electron chi connectivity index (χ1n) is 8.50. The Hall–Kier alpha value is -2.63. The number of anilines is 1. The average molecular weight is 341 g/mol. The molecule has 6 nitrogen and oxygen atoms in total. The third-order valence-corrected chi connectivity index (χ3v) is 4.84. The van der Waals surface area contributed by atoms with Crippen LogP contribution < -0.4 is 10.2 Å². The number of carbonyl (C=O) groups is 3. The molecule has 0 aromatic heterocycles. The fourth-order valence-corrected chi connectivity index (χ4v) is 3.34. The van der Waals surface area contributed by atoms with Gasteiger partial charge in [-0.05, 0) is 30.5 Å². The molecule has 0 saturated carbocycles. The molecule has 1 aliphatic heterocycles. The third-order valence-electron chi connectivity index (χ3n) is 4.84. The maximum absolute atomic E-state index is 12.3. The standard InChI is InChI=1S/C19H23N3O3/c1-21(2)14-9-7-13(8-10-14)11-20-17(23)12-22-18(24)15-5-3-4-6-16(15)19(22)25/h3-4,7-10,15-16H,5-6,11-12H2,1-2H3,(H,20,23). The Kier molecular flexibility index (Phi) is 4.88. The monoisotopic (exact) mass is 341 g/mol. The van der Waals surface area contributed by atoms with Crippen molar-refractivity contribution in [1.29, 1.82) is 0 Å². The van der Waals surface area contributed by atoms with Gasteiger partial charge in [-0.1, -0.05) is 24.3 Å². The molecule has 1 aromatic carbocycles. The van der Waals surface area contributed by atoms with Crippen LogP contribution in [-0.2, 0) is 20.9 Å². The van der Waals surface area contributed by atoms with Gasteiger partial charge in [0.15, 0.2) is 0 Å². The van der Waals surface area contributed by atoms with Gasteiger partial charge in [-0.15, -0.1) is 0 Å². The number of amides is 3. The molecule has 0 bridgehead atoms. The summed E-state index contributed by atoms with van der Waals surface area (Å²) in [6, 6.07) is 7.85. The van der Waals surface area contributed by atoms with E-state index in [4.69, 9.17) is 0 Å². The Morgan fingerprint density at radius 3 is 2.16 bits per heavy atom. The zero-order chi connectivity index (χ0) is 18.0. The second-order valence-electron chi connectivity index (χ2n) is 6.76. The average Bonchev–Trinajstić information content (AvgIpc) is 2.86. The molecule has 1 aromatic rings. The summed E-state index contributed by atoms with van der Waals surface area (Å²) in [5, 5.41) is 2.78. The number of allylic oxidation sites excluding steroid dienone is 2. The van der Waals surface area contributed by atoms with Gasteiger partial charge < -0.3 is 10.2 Å². The van der Waals surface area contributed by atoms with E-state index in [0.717, 1.165) is 16.2 Å². The van der Waals surface area contributed by atoms with Gasteiger partial charge in [-0.25, -0.2) is 0 Å². The molecular formula is C19H23N3O3. The highest BCUT2D eigenvalue weighted by molar-refractivity contribution is 6.07. The smallest absolute Gasteiger partial charge is 0.240 e. The first-order valence-corrected chi connectivity index (χ1v) is 8.50. The van der Waals surface area contributed by atoms with Gasteiger partial charge in [0.2, 0.25) is 17.7 Å². The Labute approximate surface area is 147 Å². The predicted octanol–water partition coefficient (Wildman–Crippen LogP) is 1.32. The number of carbonyl (C=O) groups excluding carboxylic acids is 3. The minimum absolute atomic E-state index is 0.194. The van der Waals surface area contributed by atoms with Crippen molar-refractivity contribution in [1.82, 2.24) is 10.2 Å². The van der Waals surface area contributed by atoms with Crippen LogP contribution in [0.4, 0.5) is 5.69 Å². The predicted molar refractivity (Wildman–Crippen MR) is 94.7 cm³/mol. The lowest BCUT2D eigenvalue weighted by Gasteiger charge is -2.15. The summed E-state index contributed by atoms with van der Waals surface area (Å²) in [5.41, 5.74) is 2.05. The van der Waals surface area contributed by atoms with E-state index < -0.39 is 0 Å². The van der Waals surface area contributed by atoms with Gasteiger partial charge in [0.1, 0.15) is 6.54 Å². The molecule has 132 valence electrons. The Balaban J connectivity index is 1.54. The topological polar surface area (TPSA) is 69.7 Å². The fourth-order valence-electron chi connectivity index (χ4n) is 3.34. The summed E-state index contributed by atoms with van der Waals surface area (Å²) in [4.78, 5) is 40.0. The molecule has 1 heterocycles. The summed E-state index contributed by atoms with van der Waals surface area (Å²) in [7, 11) is 3.93. The third kappa shape index (κ3) is 3.57. The molecule has 6 heteroatoms. The van der Waals surface area contributed by atoms with Crippen molar-refractivity contribution >= 4 is 23.4 Å².